The minimum Gasteiger partial charge on any atom is -0.392 e. The zero-order valence-corrected chi connectivity index (χ0v) is 12.9. The van der Waals surface area contributed by atoms with Gasteiger partial charge in [0, 0.05) is 43.3 Å². The van der Waals surface area contributed by atoms with E-state index in [1.165, 1.54) is 6.07 Å². The molecule has 2 rings (SSSR count). The fraction of sp³-hybridized carbons (Fsp3) is 0.538. The van der Waals surface area contributed by atoms with E-state index in [2.05, 4.69) is 20.8 Å². The van der Waals surface area contributed by atoms with Crippen molar-refractivity contribution in [3.63, 3.8) is 0 Å². The smallest absolute Gasteiger partial charge is 0.293 e. The molecule has 1 N–H and O–H groups in total. The van der Waals surface area contributed by atoms with E-state index in [4.69, 9.17) is 0 Å². The molecule has 1 fully saturated rings. The number of rotatable bonds is 4. The van der Waals surface area contributed by atoms with Gasteiger partial charge in [0.15, 0.2) is 0 Å². The van der Waals surface area contributed by atoms with Gasteiger partial charge in [0.2, 0.25) is 0 Å². The van der Waals surface area contributed by atoms with Gasteiger partial charge >= 0.3 is 0 Å². The van der Waals surface area contributed by atoms with Crippen LogP contribution in [-0.4, -0.2) is 53.8 Å². The third kappa shape index (κ3) is 3.68. The Balaban J connectivity index is 2.09. The molecule has 0 spiro atoms. The van der Waals surface area contributed by atoms with Crippen molar-refractivity contribution in [3.05, 3.63) is 32.8 Å². The number of benzene rings is 1. The lowest BCUT2D eigenvalue weighted by molar-refractivity contribution is -0.384. The molecule has 110 valence electrons. The van der Waals surface area contributed by atoms with Crippen LogP contribution >= 0.6 is 15.9 Å². The molecule has 1 atom stereocenters. The molecular formula is C13H18BrN3O3. The number of hydrogen-bond acceptors (Lipinski definition) is 5. The van der Waals surface area contributed by atoms with Crippen LogP contribution in [0.25, 0.3) is 0 Å². The molecule has 0 amide bonds. The maximum absolute atomic E-state index is 11.1. The normalized spacial score (nSPS) is 18.1. The average Bonchev–Trinajstić information content (AvgIpc) is 2.39. The Labute approximate surface area is 126 Å². The van der Waals surface area contributed by atoms with Crippen LogP contribution in [0.2, 0.25) is 0 Å². The fourth-order valence-corrected chi connectivity index (χ4v) is 2.80. The number of nitro benzene ring substituents is 1. The summed E-state index contributed by atoms with van der Waals surface area (Å²) in [6.07, 6.45) is -0.344. The second-order valence-electron chi connectivity index (χ2n) is 5.03. The first-order chi connectivity index (χ1) is 9.47. The molecule has 1 aromatic rings. The van der Waals surface area contributed by atoms with Crippen LogP contribution in [0.3, 0.4) is 0 Å². The number of halogens is 1. The number of nitrogens with zero attached hydrogens (tertiary/aromatic N) is 3. The summed E-state index contributed by atoms with van der Waals surface area (Å²) in [6.45, 7) is 5.49. The van der Waals surface area contributed by atoms with Crippen molar-refractivity contribution in [2.75, 3.05) is 37.6 Å². The van der Waals surface area contributed by atoms with Gasteiger partial charge in [0.1, 0.15) is 5.69 Å². The van der Waals surface area contributed by atoms with Gasteiger partial charge < -0.3 is 10.0 Å². The van der Waals surface area contributed by atoms with Crippen molar-refractivity contribution in [2.24, 2.45) is 0 Å². The summed E-state index contributed by atoms with van der Waals surface area (Å²) in [7, 11) is 0. The summed E-state index contributed by atoms with van der Waals surface area (Å²) in [5.74, 6) is 0. The van der Waals surface area contributed by atoms with Gasteiger partial charge in [-0.25, -0.2) is 0 Å². The highest BCUT2D eigenvalue weighted by Gasteiger charge is 2.24. The number of aliphatic hydroxyl groups is 1. The van der Waals surface area contributed by atoms with Crippen molar-refractivity contribution < 1.29 is 10.0 Å². The van der Waals surface area contributed by atoms with E-state index in [1.54, 1.807) is 13.0 Å². The molecule has 20 heavy (non-hydrogen) atoms. The summed E-state index contributed by atoms with van der Waals surface area (Å²) in [6, 6.07) is 5.15. The lowest BCUT2D eigenvalue weighted by atomic mass is 10.2. The van der Waals surface area contributed by atoms with E-state index in [9.17, 15) is 15.2 Å². The highest BCUT2D eigenvalue weighted by atomic mass is 79.9. The maximum atomic E-state index is 11.1. The van der Waals surface area contributed by atoms with Gasteiger partial charge in [-0.3, -0.25) is 15.0 Å². The Hall–Kier alpha value is -1.18. The van der Waals surface area contributed by atoms with E-state index >= 15 is 0 Å². The van der Waals surface area contributed by atoms with Gasteiger partial charge in [-0.1, -0.05) is 15.9 Å². The molecule has 7 heteroatoms. The van der Waals surface area contributed by atoms with Crippen LogP contribution in [0.5, 0.6) is 0 Å². The molecule has 1 heterocycles. The minimum atomic E-state index is -0.345. The zero-order valence-electron chi connectivity index (χ0n) is 11.3. The number of nitro groups is 1. The van der Waals surface area contributed by atoms with Crippen molar-refractivity contribution in [3.8, 4) is 0 Å². The number of β-amino-alcohol motifs (C(OH)–C–C–N with tert-alkyl or cyclic N) is 1. The summed E-state index contributed by atoms with van der Waals surface area (Å²) >= 11 is 3.27. The molecule has 1 aliphatic heterocycles. The first-order valence-electron chi connectivity index (χ1n) is 6.56. The molecule has 0 saturated carbocycles. The summed E-state index contributed by atoms with van der Waals surface area (Å²) in [4.78, 5) is 15.0. The third-order valence-electron chi connectivity index (χ3n) is 3.37. The quantitative estimate of drug-likeness (QED) is 0.667. The van der Waals surface area contributed by atoms with Crippen molar-refractivity contribution in [1.82, 2.24) is 4.90 Å². The second-order valence-corrected chi connectivity index (χ2v) is 5.94. The van der Waals surface area contributed by atoms with E-state index in [0.29, 0.717) is 16.7 Å². The lowest BCUT2D eigenvalue weighted by Crippen LogP contribution is -2.48. The van der Waals surface area contributed by atoms with Crippen LogP contribution in [-0.2, 0) is 0 Å². The Morgan fingerprint density at radius 3 is 2.60 bits per heavy atom. The van der Waals surface area contributed by atoms with Crippen LogP contribution in [0.4, 0.5) is 11.4 Å². The Morgan fingerprint density at radius 2 is 2.05 bits per heavy atom. The molecule has 0 bridgehead atoms. The van der Waals surface area contributed by atoms with Crippen molar-refractivity contribution in [1.29, 1.82) is 0 Å². The molecule has 0 unspecified atom stereocenters. The predicted octanol–water partition coefficient (Wildman–Crippen LogP) is 1.86. The molecule has 0 aromatic heterocycles. The van der Waals surface area contributed by atoms with Crippen LogP contribution < -0.4 is 4.90 Å². The maximum Gasteiger partial charge on any atom is 0.293 e. The summed E-state index contributed by atoms with van der Waals surface area (Å²) < 4.78 is 0.709. The SMILES string of the molecule is C[C@H](O)CN1CCN(c2ccc(Br)cc2[N+](=O)[O-])CC1. The average molecular weight is 344 g/mol. The molecule has 6 nitrogen and oxygen atoms in total. The first-order valence-corrected chi connectivity index (χ1v) is 7.36. The van der Waals surface area contributed by atoms with Crippen molar-refractivity contribution in [2.45, 2.75) is 13.0 Å². The molecular weight excluding hydrogens is 326 g/mol. The zero-order chi connectivity index (χ0) is 14.7. The van der Waals surface area contributed by atoms with Crippen LogP contribution in [0.15, 0.2) is 22.7 Å². The Morgan fingerprint density at radius 1 is 1.40 bits per heavy atom. The van der Waals surface area contributed by atoms with Gasteiger partial charge in [-0.05, 0) is 19.1 Å². The van der Waals surface area contributed by atoms with Gasteiger partial charge in [-0.2, -0.15) is 0 Å². The molecule has 0 aliphatic carbocycles. The van der Waals surface area contributed by atoms with E-state index < -0.39 is 0 Å². The standard InChI is InChI=1S/C13H18BrN3O3/c1-10(18)9-15-4-6-16(7-5-15)12-3-2-11(14)8-13(12)17(19)20/h2-3,8,10,18H,4-7,9H2,1H3/t10-/m0/s1. The van der Waals surface area contributed by atoms with E-state index in [0.717, 1.165) is 26.2 Å². The largest absolute Gasteiger partial charge is 0.392 e. The minimum absolute atomic E-state index is 0.128. The lowest BCUT2D eigenvalue weighted by Gasteiger charge is -2.36. The summed E-state index contributed by atoms with van der Waals surface area (Å²) in [5, 5.41) is 20.5. The number of anilines is 1. The van der Waals surface area contributed by atoms with Gasteiger partial charge in [0.05, 0.1) is 11.0 Å². The highest BCUT2D eigenvalue weighted by molar-refractivity contribution is 9.10. The van der Waals surface area contributed by atoms with Crippen molar-refractivity contribution >= 4 is 27.3 Å². The number of hydrogen-bond donors (Lipinski definition) is 1. The number of aliphatic hydroxyl groups excluding tert-OH is 1. The molecule has 1 aliphatic rings. The fourth-order valence-electron chi connectivity index (χ4n) is 2.46. The monoisotopic (exact) mass is 343 g/mol. The molecule has 0 radical (unpaired) electrons. The number of piperazine rings is 1. The predicted molar refractivity (Wildman–Crippen MR) is 81.1 cm³/mol. The Kier molecular flexibility index (Phi) is 4.95. The Bertz CT molecular complexity index is 488. The van der Waals surface area contributed by atoms with Gasteiger partial charge in [0.25, 0.3) is 5.69 Å². The van der Waals surface area contributed by atoms with Gasteiger partial charge in [-0.15, -0.1) is 0 Å². The van der Waals surface area contributed by atoms with Crippen LogP contribution in [0, 0.1) is 10.1 Å². The van der Waals surface area contributed by atoms with Crippen LogP contribution in [0.1, 0.15) is 6.92 Å². The highest BCUT2D eigenvalue weighted by Crippen LogP contribution is 2.31. The molecule has 1 saturated heterocycles. The third-order valence-corrected chi connectivity index (χ3v) is 3.86. The molecule has 1 aromatic carbocycles. The van der Waals surface area contributed by atoms with E-state index in [-0.39, 0.29) is 16.7 Å². The van der Waals surface area contributed by atoms with E-state index in [1.807, 2.05) is 11.0 Å². The second kappa shape index (κ2) is 6.51. The first kappa shape index (κ1) is 15.2. The topological polar surface area (TPSA) is 69.8 Å². The summed E-state index contributed by atoms with van der Waals surface area (Å²) in [5.41, 5.74) is 0.790.